The van der Waals surface area contributed by atoms with Crippen molar-refractivity contribution in [2.45, 2.75) is 113 Å². The van der Waals surface area contributed by atoms with Crippen molar-refractivity contribution >= 4 is 175 Å². The highest BCUT2D eigenvalue weighted by molar-refractivity contribution is 8.49. The molecule has 0 radical (unpaired) electrons. The summed E-state index contributed by atoms with van der Waals surface area (Å²) in [5.41, 5.74) is 1.23. The van der Waals surface area contributed by atoms with Crippen molar-refractivity contribution in [3.05, 3.63) is 35.9 Å². The second-order valence-corrected chi connectivity index (χ2v) is 27.3. The lowest BCUT2D eigenvalue weighted by Gasteiger charge is -2.19. The standard InChI is InChI=1S/C11H12O2S3.C10H15NO2S3.C9H13NO2S3.C8H13NS3/c12-10(13)6-7-15-11(14)16-8-9-4-2-1-3-5-9;1-3-6-15-9(14)16-10(2,7-11)5-4-8(12)13;1-3-14-8(13)15-9(2,6-10)5-4-7(11)12;1-4-5-11-7(10)12-8(2,3)6-9/h1-5H,6-8H2,(H,12,13);3-6H2,1-2H3,(H,12,13);3-5H2,1-2H3,(H,11,12);4-5H2,1-3H3. The Morgan fingerprint density at radius 2 is 0.983 bits per heavy atom. The van der Waals surface area contributed by atoms with Gasteiger partial charge in [-0.2, -0.15) is 15.8 Å². The van der Waals surface area contributed by atoms with Gasteiger partial charge in [0.05, 0.1) is 24.6 Å². The van der Waals surface area contributed by atoms with E-state index in [0.29, 0.717) is 22.1 Å². The first-order valence-corrected chi connectivity index (χ1v) is 26.9. The van der Waals surface area contributed by atoms with Gasteiger partial charge < -0.3 is 15.3 Å². The third-order valence-corrected chi connectivity index (χ3v) is 17.4. The van der Waals surface area contributed by atoms with Crippen molar-refractivity contribution < 1.29 is 29.7 Å². The van der Waals surface area contributed by atoms with Gasteiger partial charge in [-0.3, -0.25) is 14.4 Å². The average molecular weight is 1030 g/mol. The van der Waals surface area contributed by atoms with Crippen molar-refractivity contribution in [2.24, 2.45) is 0 Å². The van der Waals surface area contributed by atoms with Crippen molar-refractivity contribution in [3.8, 4) is 18.2 Å². The number of thiocarbonyl (C=S) groups is 4. The van der Waals surface area contributed by atoms with Gasteiger partial charge in [0.15, 0.2) is 0 Å². The number of hydrogen-bond acceptors (Lipinski definition) is 18. The minimum Gasteiger partial charge on any atom is -0.481 e. The maximum absolute atomic E-state index is 10.5. The maximum Gasteiger partial charge on any atom is 0.304 e. The second kappa shape index (κ2) is 37.8. The lowest BCUT2D eigenvalue weighted by molar-refractivity contribution is -0.138. The molecule has 1 aromatic rings. The van der Waals surface area contributed by atoms with Gasteiger partial charge in [0.25, 0.3) is 0 Å². The number of thioether (sulfide) groups is 8. The lowest BCUT2D eigenvalue weighted by atomic mass is 10.1. The summed E-state index contributed by atoms with van der Waals surface area (Å²) in [6.07, 6.45) is 2.94. The fourth-order valence-corrected chi connectivity index (χ4v) is 13.8. The molecular weight excluding hydrogens is 979 g/mol. The summed E-state index contributed by atoms with van der Waals surface area (Å²) in [7, 11) is 0. The first kappa shape index (κ1) is 62.6. The van der Waals surface area contributed by atoms with E-state index < -0.39 is 27.4 Å². The number of carbonyl (C=O) groups is 3. The molecule has 21 heteroatoms. The van der Waals surface area contributed by atoms with E-state index in [-0.39, 0.29) is 24.0 Å². The van der Waals surface area contributed by atoms with Crippen LogP contribution in [0.4, 0.5) is 0 Å². The zero-order valence-electron chi connectivity index (χ0n) is 34.2. The molecule has 328 valence electrons. The minimum absolute atomic E-state index is 0.00187. The van der Waals surface area contributed by atoms with E-state index in [4.69, 9.17) is 80.0 Å². The van der Waals surface area contributed by atoms with Gasteiger partial charge in [-0.05, 0) is 76.2 Å². The molecule has 0 aliphatic rings. The normalized spacial score (nSPS) is 12.2. The van der Waals surface area contributed by atoms with Crippen LogP contribution in [0.25, 0.3) is 0 Å². The van der Waals surface area contributed by atoms with Crippen molar-refractivity contribution in [1.29, 1.82) is 15.8 Å². The predicted molar refractivity (Wildman–Crippen MR) is 281 cm³/mol. The van der Waals surface area contributed by atoms with Crippen LogP contribution >= 0.6 is 143 Å². The van der Waals surface area contributed by atoms with Gasteiger partial charge in [0, 0.05) is 24.3 Å². The molecule has 3 N–H and O–H groups in total. The van der Waals surface area contributed by atoms with Crippen molar-refractivity contribution in [2.75, 3.05) is 23.0 Å². The Kier molecular flexibility index (Phi) is 40.1. The Balaban J connectivity index is -0.000000713. The van der Waals surface area contributed by atoms with E-state index in [1.165, 1.54) is 64.4 Å². The summed E-state index contributed by atoms with van der Waals surface area (Å²) in [4.78, 5) is 31.2. The van der Waals surface area contributed by atoms with Crippen LogP contribution in [0.5, 0.6) is 0 Å². The summed E-state index contributed by atoms with van der Waals surface area (Å²) in [6, 6.07) is 16.6. The molecule has 0 aliphatic carbocycles. The van der Waals surface area contributed by atoms with Gasteiger partial charge in [-0.1, -0.05) is 135 Å². The van der Waals surface area contributed by atoms with Crippen LogP contribution in [0.1, 0.15) is 99.0 Å². The largest absolute Gasteiger partial charge is 0.481 e. The highest BCUT2D eigenvalue weighted by Crippen LogP contribution is 2.35. The quantitative estimate of drug-likeness (QED) is 0.111. The molecule has 0 fully saturated rings. The maximum atomic E-state index is 10.5. The van der Waals surface area contributed by atoms with Gasteiger partial charge in [0.2, 0.25) is 0 Å². The molecular formula is C38H53N3O6S12. The number of carboxylic acids is 3. The smallest absolute Gasteiger partial charge is 0.304 e. The van der Waals surface area contributed by atoms with Crippen LogP contribution in [0.15, 0.2) is 30.3 Å². The first-order chi connectivity index (χ1) is 27.6. The Labute approximate surface area is 407 Å². The van der Waals surface area contributed by atoms with Gasteiger partial charge >= 0.3 is 17.9 Å². The highest BCUT2D eigenvalue weighted by Gasteiger charge is 2.28. The Morgan fingerprint density at radius 3 is 1.36 bits per heavy atom. The number of nitrogens with zero attached hydrogens (tertiary/aromatic N) is 3. The number of carboxylic acid groups (broad SMARTS) is 3. The summed E-state index contributed by atoms with van der Waals surface area (Å²) in [6.45, 7) is 13.4. The average Bonchev–Trinajstić information content (AvgIpc) is 3.18. The molecule has 9 nitrogen and oxygen atoms in total. The molecule has 0 aromatic heterocycles. The monoisotopic (exact) mass is 1030 g/mol. The van der Waals surface area contributed by atoms with E-state index in [1.54, 1.807) is 49.1 Å². The fourth-order valence-electron chi connectivity index (χ4n) is 3.11. The van der Waals surface area contributed by atoms with Crippen LogP contribution < -0.4 is 0 Å². The van der Waals surface area contributed by atoms with E-state index in [9.17, 15) is 14.4 Å². The zero-order chi connectivity index (χ0) is 45.9. The Morgan fingerprint density at radius 1 is 0.576 bits per heavy atom. The van der Waals surface area contributed by atoms with Crippen LogP contribution in [0.3, 0.4) is 0 Å². The van der Waals surface area contributed by atoms with E-state index in [1.807, 2.05) is 39.0 Å². The van der Waals surface area contributed by atoms with Gasteiger partial charge in [0.1, 0.15) is 28.4 Å². The SMILES string of the molecule is CCCSC(=S)SC(C)(C#N)CCC(=O)O.CCCSC(=S)SC(C)(C)C#N.CCSC(=S)SC(C)(C#N)CCC(=O)O.O=C(O)CCSC(=S)SCc1ccccc1. The Bertz CT molecular complexity index is 1600. The summed E-state index contributed by atoms with van der Waals surface area (Å²) in [5, 5.41) is 52.4. The molecule has 0 saturated heterocycles. The molecule has 0 aliphatic heterocycles. The van der Waals surface area contributed by atoms with Crippen LogP contribution in [0.2, 0.25) is 0 Å². The van der Waals surface area contributed by atoms with Crippen LogP contribution in [-0.4, -0.2) is 84.6 Å². The lowest BCUT2D eigenvalue weighted by Crippen LogP contribution is -2.20. The van der Waals surface area contributed by atoms with Crippen molar-refractivity contribution in [1.82, 2.24) is 0 Å². The number of benzene rings is 1. The topological polar surface area (TPSA) is 183 Å². The molecule has 59 heavy (non-hydrogen) atoms. The number of aliphatic carboxylic acids is 3. The fraction of sp³-hybridized carbons (Fsp3) is 0.579. The second-order valence-electron chi connectivity index (χ2n) is 12.3. The molecule has 2 unspecified atom stereocenters. The summed E-state index contributed by atoms with van der Waals surface area (Å²) in [5.74, 6) is 1.71. The predicted octanol–water partition coefficient (Wildman–Crippen LogP) is 13.1. The molecule has 0 heterocycles. The number of hydrogen-bond donors (Lipinski definition) is 3. The summed E-state index contributed by atoms with van der Waals surface area (Å²) >= 11 is 32.3. The minimum atomic E-state index is -0.883. The van der Waals surface area contributed by atoms with Crippen LogP contribution in [0, 0.1) is 34.0 Å². The molecule has 1 rings (SSSR count). The zero-order valence-corrected chi connectivity index (χ0v) is 44.0. The molecule has 0 spiro atoms. The highest BCUT2D eigenvalue weighted by atomic mass is 32.2. The Hall–Kier alpha value is -0.740. The number of nitriles is 3. The molecule has 2 atom stereocenters. The van der Waals surface area contributed by atoms with E-state index >= 15 is 0 Å². The molecule has 1 aromatic carbocycles. The molecule has 0 amide bonds. The molecule has 0 bridgehead atoms. The van der Waals surface area contributed by atoms with Gasteiger partial charge in [-0.25, -0.2) is 0 Å². The number of rotatable bonds is 19. The summed E-state index contributed by atoms with van der Waals surface area (Å²) < 4.78 is 1.28. The van der Waals surface area contributed by atoms with E-state index in [0.717, 1.165) is 46.4 Å². The van der Waals surface area contributed by atoms with Crippen LogP contribution in [-0.2, 0) is 20.1 Å². The van der Waals surface area contributed by atoms with Gasteiger partial charge in [-0.15, -0.1) is 58.8 Å². The third kappa shape index (κ3) is 41.1. The molecule has 0 saturated carbocycles. The van der Waals surface area contributed by atoms with Crippen molar-refractivity contribution in [3.63, 3.8) is 0 Å². The first-order valence-electron chi connectivity index (χ1n) is 17.9. The van der Waals surface area contributed by atoms with E-state index in [2.05, 4.69) is 44.2 Å². The third-order valence-electron chi connectivity index (χ3n) is 6.18.